The minimum atomic E-state index is -0.950. The van der Waals surface area contributed by atoms with E-state index in [0.717, 1.165) is 16.6 Å². The lowest BCUT2D eigenvalue weighted by atomic mass is 10.0. The summed E-state index contributed by atoms with van der Waals surface area (Å²) in [5, 5.41) is 2.03. The highest BCUT2D eigenvalue weighted by Crippen LogP contribution is 2.37. The van der Waals surface area contributed by atoms with Gasteiger partial charge < -0.3 is 5.73 Å². The largest absolute Gasteiger partial charge is 0.351 e. The molecule has 1 unspecified atom stereocenters. The first kappa shape index (κ1) is 22.7. The van der Waals surface area contributed by atoms with Gasteiger partial charge in [0.15, 0.2) is 5.16 Å². The number of nitrogens with two attached hydrogens (primary N) is 1. The number of thiophene rings is 1. The number of hydrogen-bond acceptors (Lipinski definition) is 6. The van der Waals surface area contributed by atoms with Crippen molar-refractivity contribution in [3.63, 3.8) is 0 Å². The molecular weight excluding hydrogens is 463 g/mol. The van der Waals surface area contributed by atoms with E-state index in [1.165, 1.54) is 28.0 Å². The Morgan fingerprint density at radius 1 is 1.15 bits per heavy atom. The Kier molecular flexibility index (Phi) is 6.30. The maximum Gasteiger partial charge on any atom is 0.318 e. The lowest BCUT2D eigenvalue weighted by molar-refractivity contribution is -0.119. The molecule has 2 heterocycles. The second-order valence-corrected chi connectivity index (χ2v) is 9.72. The number of nitrogens with one attached hydrogen (secondary N) is 1. The summed E-state index contributed by atoms with van der Waals surface area (Å²) in [5.74, 6) is -0.950. The quantitative estimate of drug-likeness (QED) is 0.327. The summed E-state index contributed by atoms with van der Waals surface area (Å²) in [5.41, 5.74) is 6.75. The van der Waals surface area contributed by atoms with Gasteiger partial charge in [0.25, 0.3) is 5.56 Å². The van der Waals surface area contributed by atoms with E-state index in [9.17, 15) is 18.8 Å². The highest BCUT2D eigenvalue weighted by Gasteiger charge is 2.24. The van der Waals surface area contributed by atoms with Gasteiger partial charge in [-0.2, -0.15) is 0 Å². The van der Waals surface area contributed by atoms with E-state index in [2.05, 4.69) is 0 Å². The van der Waals surface area contributed by atoms with Crippen molar-refractivity contribution in [2.45, 2.75) is 24.3 Å². The highest BCUT2D eigenvalue weighted by molar-refractivity contribution is 8.00. The molecule has 0 saturated heterocycles. The van der Waals surface area contributed by atoms with Gasteiger partial charge >= 0.3 is 6.03 Å². The number of aryl methyl sites for hydroxylation is 1. The number of carbonyl (C=O) groups excluding carboxylic acids is 2. The van der Waals surface area contributed by atoms with Crippen molar-refractivity contribution >= 4 is 45.3 Å². The third-order valence-corrected chi connectivity index (χ3v) is 6.97. The number of hydrogen-bond donors (Lipinski definition) is 2. The average Bonchev–Trinajstić information content (AvgIpc) is 3.10. The third-order valence-electron chi connectivity index (χ3n) is 4.92. The minimum Gasteiger partial charge on any atom is -0.351 e. The summed E-state index contributed by atoms with van der Waals surface area (Å²) in [6.07, 6.45) is 0. The first-order chi connectivity index (χ1) is 15.8. The molecule has 0 aliphatic heterocycles. The van der Waals surface area contributed by atoms with Gasteiger partial charge in [-0.25, -0.2) is 14.2 Å². The molecule has 1 atom stereocenters. The van der Waals surface area contributed by atoms with E-state index in [-0.39, 0.29) is 11.4 Å². The number of urea groups is 1. The van der Waals surface area contributed by atoms with E-state index >= 15 is 0 Å². The number of carbonyl (C=O) groups is 2. The molecule has 0 spiro atoms. The van der Waals surface area contributed by atoms with E-state index in [1.54, 1.807) is 43.3 Å². The number of fused-ring (bicyclic) bond motifs is 1. The molecule has 168 valence electrons. The number of amides is 3. The highest BCUT2D eigenvalue weighted by atomic mass is 32.2. The van der Waals surface area contributed by atoms with Crippen LogP contribution in [0.2, 0.25) is 0 Å². The lowest BCUT2D eigenvalue weighted by Gasteiger charge is -2.15. The lowest BCUT2D eigenvalue weighted by Crippen LogP contribution is -2.39. The molecule has 2 aromatic heterocycles. The minimum absolute atomic E-state index is 0.303. The van der Waals surface area contributed by atoms with Crippen molar-refractivity contribution in [3.8, 4) is 16.8 Å². The number of aromatic nitrogens is 2. The fourth-order valence-corrected chi connectivity index (χ4v) is 5.44. The molecule has 33 heavy (non-hydrogen) atoms. The molecule has 4 rings (SSSR count). The standard InChI is InChI=1S/C23H19FN4O3S2/c1-12-17(14-8-10-15(24)11-9-14)18-20(32-12)27-23(33-13(2)19(29)26-22(25)31)28(21(18)30)16-6-4-3-5-7-16/h3-11,13H,1-2H3,(H3,25,26,29,31). The van der Waals surface area contributed by atoms with E-state index in [4.69, 9.17) is 10.7 Å². The van der Waals surface area contributed by atoms with Crippen LogP contribution in [0.25, 0.3) is 27.0 Å². The van der Waals surface area contributed by atoms with E-state index in [1.807, 2.05) is 18.3 Å². The molecule has 0 aliphatic carbocycles. The number of nitrogens with zero attached hydrogens (tertiary/aromatic N) is 2. The molecular formula is C23H19FN4O3S2. The SMILES string of the molecule is Cc1sc2nc(SC(C)C(=O)NC(N)=O)n(-c3ccccc3)c(=O)c2c1-c1ccc(F)cc1. The maximum atomic E-state index is 13.8. The predicted octanol–water partition coefficient (Wildman–Crippen LogP) is 4.24. The monoisotopic (exact) mass is 482 g/mol. The average molecular weight is 483 g/mol. The van der Waals surface area contributed by atoms with Gasteiger partial charge in [0.2, 0.25) is 5.91 Å². The Morgan fingerprint density at radius 3 is 2.45 bits per heavy atom. The molecule has 7 nitrogen and oxygen atoms in total. The fourth-order valence-electron chi connectivity index (χ4n) is 3.43. The third kappa shape index (κ3) is 4.53. The van der Waals surface area contributed by atoms with Crippen molar-refractivity contribution in [2.24, 2.45) is 5.73 Å². The van der Waals surface area contributed by atoms with Crippen LogP contribution in [-0.4, -0.2) is 26.7 Å². The second-order valence-electron chi connectivity index (χ2n) is 7.20. The first-order valence-electron chi connectivity index (χ1n) is 9.90. The fraction of sp³-hybridized carbons (Fsp3) is 0.130. The maximum absolute atomic E-state index is 13.8. The van der Waals surface area contributed by atoms with Crippen LogP contribution >= 0.6 is 23.1 Å². The van der Waals surface area contributed by atoms with Crippen LogP contribution in [-0.2, 0) is 4.79 Å². The van der Waals surface area contributed by atoms with Gasteiger partial charge in [0.1, 0.15) is 10.6 Å². The van der Waals surface area contributed by atoms with Crippen molar-refractivity contribution in [1.29, 1.82) is 0 Å². The molecule has 0 fully saturated rings. The van der Waals surface area contributed by atoms with Crippen LogP contribution in [0.15, 0.2) is 64.5 Å². The molecule has 2 aromatic carbocycles. The molecule has 0 radical (unpaired) electrons. The normalized spacial score (nSPS) is 12.0. The van der Waals surface area contributed by atoms with Gasteiger partial charge in [0.05, 0.1) is 16.3 Å². The van der Waals surface area contributed by atoms with Gasteiger partial charge in [-0.05, 0) is 43.7 Å². The number of primary amides is 1. The molecule has 0 saturated carbocycles. The van der Waals surface area contributed by atoms with Crippen LogP contribution < -0.4 is 16.6 Å². The molecule has 4 aromatic rings. The van der Waals surface area contributed by atoms with Crippen molar-refractivity contribution in [3.05, 3.63) is 75.6 Å². The number of halogens is 1. The van der Waals surface area contributed by atoms with Crippen LogP contribution in [0.1, 0.15) is 11.8 Å². The van der Waals surface area contributed by atoms with Crippen LogP contribution in [0.3, 0.4) is 0 Å². The van der Waals surface area contributed by atoms with Gasteiger partial charge in [-0.1, -0.05) is 42.1 Å². The Balaban J connectivity index is 1.94. The zero-order valence-corrected chi connectivity index (χ0v) is 19.3. The predicted molar refractivity (Wildman–Crippen MR) is 128 cm³/mol. The van der Waals surface area contributed by atoms with Crippen molar-refractivity contribution < 1.29 is 14.0 Å². The topological polar surface area (TPSA) is 107 Å². The van der Waals surface area contributed by atoms with Gasteiger partial charge in [0, 0.05) is 10.4 Å². The smallest absolute Gasteiger partial charge is 0.318 e. The number of rotatable bonds is 5. The zero-order valence-electron chi connectivity index (χ0n) is 17.7. The summed E-state index contributed by atoms with van der Waals surface area (Å²) in [6.45, 7) is 3.48. The molecule has 3 amide bonds. The summed E-state index contributed by atoms with van der Waals surface area (Å²) >= 11 is 2.40. The van der Waals surface area contributed by atoms with Gasteiger partial charge in [-0.3, -0.25) is 19.5 Å². The number of imide groups is 1. The summed E-state index contributed by atoms with van der Waals surface area (Å²) in [7, 11) is 0. The summed E-state index contributed by atoms with van der Waals surface area (Å²) in [4.78, 5) is 43.2. The van der Waals surface area contributed by atoms with E-state index in [0.29, 0.717) is 32.2 Å². The van der Waals surface area contributed by atoms with Crippen LogP contribution in [0.4, 0.5) is 9.18 Å². The Morgan fingerprint density at radius 2 is 1.82 bits per heavy atom. The molecule has 3 N–H and O–H groups in total. The summed E-state index contributed by atoms with van der Waals surface area (Å²) in [6, 6.07) is 14.0. The Bertz CT molecular complexity index is 1420. The number of para-hydroxylation sites is 1. The molecule has 10 heteroatoms. The van der Waals surface area contributed by atoms with Gasteiger partial charge in [-0.15, -0.1) is 11.3 Å². The van der Waals surface area contributed by atoms with Crippen molar-refractivity contribution in [1.82, 2.24) is 14.9 Å². The van der Waals surface area contributed by atoms with E-state index < -0.39 is 17.2 Å². The van der Waals surface area contributed by atoms with Crippen LogP contribution in [0.5, 0.6) is 0 Å². The number of thioether (sulfide) groups is 1. The van der Waals surface area contributed by atoms with Crippen LogP contribution in [0, 0.1) is 12.7 Å². The zero-order chi connectivity index (χ0) is 23.7. The summed E-state index contributed by atoms with van der Waals surface area (Å²) < 4.78 is 14.9. The number of benzene rings is 2. The Labute approximate surface area is 196 Å². The van der Waals surface area contributed by atoms with Crippen molar-refractivity contribution in [2.75, 3.05) is 0 Å². The second kappa shape index (κ2) is 9.16. The molecule has 0 aliphatic rings. The Hall–Kier alpha value is -3.50. The first-order valence-corrected chi connectivity index (χ1v) is 11.6. The molecule has 0 bridgehead atoms.